The summed E-state index contributed by atoms with van der Waals surface area (Å²) in [5, 5.41) is 3.10. The topological polar surface area (TPSA) is 50.8 Å². The first kappa shape index (κ1) is 17.4. The molecule has 0 aromatic heterocycles. The van der Waals surface area contributed by atoms with Gasteiger partial charge in [0.05, 0.1) is 6.61 Å². The summed E-state index contributed by atoms with van der Waals surface area (Å²) in [5.74, 6) is 0.555. The second kappa shape index (κ2) is 8.60. The van der Waals surface area contributed by atoms with Crippen LogP contribution in [0.4, 0.5) is 0 Å². The number of hydrogen-bond acceptors (Lipinski definition) is 5. The molecule has 1 rings (SSSR count). The zero-order valence-electron chi connectivity index (χ0n) is 13.4. The average Bonchev–Trinajstić information content (AvgIpc) is 2.46. The van der Waals surface area contributed by atoms with Crippen LogP contribution in [-0.4, -0.2) is 63.4 Å². The molecule has 1 fully saturated rings. The molecule has 1 aliphatic rings. The highest BCUT2D eigenvalue weighted by Crippen LogP contribution is 2.17. The summed E-state index contributed by atoms with van der Waals surface area (Å²) in [4.78, 5) is 14.3. The molecular formula is C15H30N2O3. The number of carbonyl (C=O) groups excluding carboxylic acids is 1. The molecule has 0 saturated carbocycles. The van der Waals surface area contributed by atoms with Crippen molar-refractivity contribution in [2.24, 2.45) is 5.92 Å². The average molecular weight is 286 g/mol. The summed E-state index contributed by atoms with van der Waals surface area (Å²) in [6.45, 7) is 7.90. The Kier molecular flexibility index (Phi) is 7.48. The van der Waals surface area contributed by atoms with Gasteiger partial charge in [-0.25, -0.2) is 0 Å². The van der Waals surface area contributed by atoms with Crippen molar-refractivity contribution in [3.63, 3.8) is 0 Å². The van der Waals surface area contributed by atoms with Gasteiger partial charge in [0.15, 0.2) is 0 Å². The molecule has 0 bridgehead atoms. The van der Waals surface area contributed by atoms with Gasteiger partial charge in [-0.15, -0.1) is 0 Å². The van der Waals surface area contributed by atoms with E-state index in [4.69, 9.17) is 9.47 Å². The molecule has 5 heteroatoms. The lowest BCUT2D eigenvalue weighted by Gasteiger charge is -2.31. The van der Waals surface area contributed by atoms with Gasteiger partial charge < -0.3 is 19.7 Å². The van der Waals surface area contributed by atoms with Crippen LogP contribution in [0, 0.1) is 5.92 Å². The first-order chi connectivity index (χ1) is 9.51. The van der Waals surface area contributed by atoms with Gasteiger partial charge in [-0.3, -0.25) is 4.79 Å². The molecule has 1 N–H and O–H groups in total. The molecule has 1 heterocycles. The summed E-state index contributed by atoms with van der Waals surface area (Å²) in [6.07, 6.45) is 3.04. The molecule has 0 aromatic carbocycles. The zero-order valence-corrected chi connectivity index (χ0v) is 13.4. The minimum absolute atomic E-state index is 0.165. The second-order valence-electron chi connectivity index (χ2n) is 5.87. The van der Waals surface area contributed by atoms with Crippen molar-refractivity contribution in [3.8, 4) is 0 Å². The van der Waals surface area contributed by atoms with Crippen LogP contribution in [0.5, 0.6) is 0 Å². The Hall–Kier alpha value is -0.650. The zero-order chi connectivity index (χ0) is 15.0. The molecule has 0 radical (unpaired) electrons. The van der Waals surface area contributed by atoms with Gasteiger partial charge in [0.25, 0.3) is 0 Å². The number of hydrogen-bond donors (Lipinski definition) is 1. The number of rotatable bonds is 8. The van der Waals surface area contributed by atoms with Crippen molar-refractivity contribution in [3.05, 3.63) is 0 Å². The molecule has 1 aliphatic heterocycles. The predicted octanol–water partition coefficient (Wildman–Crippen LogP) is 1.28. The molecule has 5 nitrogen and oxygen atoms in total. The molecular weight excluding hydrogens is 256 g/mol. The van der Waals surface area contributed by atoms with Crippen molar-refractivity contribution < 1.29 is 14.3 Å². The predicted molar refractivity (Wildman–Crippen MR) is 79.8 cm³/mol. The van der Waals surface area contributed by atoms with Crippen LogP contribution in [0.15, 0.2) is 0 Å². The van der Waals surface area contributed by atoms with Crippen molar-refractivity contribution in [1.29, 1.82) is 0 Å². The van der Waals surface area contributed by atoms with Crippen LogP contribution in [0.3, 0.4) is 0 Å². The maximum atomic E-state index is 12.0. The summed E-state index contributed by atoms with van der Waals surface area (Å²) >= 11 is 0. The van der Waals surface area contributed by atoms with E-state index in [1.165, 1.54) is 0 Å². The SMILES string of the molecule is CCOC(=O)C(C)(CCN(C)CC1CCOCC1)NC. The minimum atomic E-state index is -0.597. The third-order valence-corrected chi connectivity index (χ3v) is 4.18. The van der Waals surface area contributed by atoms with Gasteiger partial charge >= 0.3 is 5.97 Å². The van der Waals surface area contributed by atoms with E-state index in [-0.39, 0.29) is 5.97 Å². The number of ether oxygens (including phenoxy) is 2. The lowest BCUT2D eigenvalue weighted by atomic mass is 9.96. The Morgan fingerprint density at radius 2 is 2.10 bits per heavy atom. The van der Waals surface area contributed by atoms with E-state index in [1.54, 1.807) is 0 Å². The molecule has 1 saturated heterocycles. The fourth-order valence-electron chi connectivity index (χ4n) is 2.50. The Morgan fingerprint density at radius 3 is 2.65 bits per heavy atom. The van der Waals surface area contributed by atoms with Gasteiger partial charge in [0, 0.05) is 26.3 Å². The molecule has 0 amide bonds. The van der Waals surface area contributed by atoms with E-state index in [9.17, 15) is 4.79 Å². The van der Waals surface area contributed by atoms with E-state index in [2.05, 4.69) is 17.3 Å². The van der Waals surface area contributed by atoms with Crippen LogP contribution in [0.2, 0.25) is 0 Å². The number of nitrogens with zero attached hydrogens (tertiary/aromatic N) is 1. The monoisotopic (exact) mass is 286 g/mol. The quantitative estimate of drug-likeness (QED) is 0.681. The van der Waals surface area contributed by atoms with Crippen LogP contribution >= 0.6 is 0 Å². The van der Waals surface area contributed by atoms with Gasteiger partial charge in [-0.2, -0.15) is 0 Å². The van der Waals surface area contributed by atoms with Crippen LogP contribution in [-0.2, 0) is 14.3 Å². The Balaban J connectivity index is 2.36. The second-order valence-corrected chi connectivity index (χ2v) is 5.87. The fraction of sp³-hybridized carbons (Fsp3) is 0.933. The highest BCUT2D eigenvalue weighted by Gasteiger charge is 2.33. The number of nitrogens with one attached hydrogen (secondary N) is 1. The summed E-state index contributed by atoms with van der Waals surface area (Å²) in [6, 6.07) is 0. The third kappa shape index (κ3) is 5.38. The van der Waals surface area contributed by atoms with E-state index < -0.39 is 5.54 Å². The minimum Gasteiger partial charge on any atom is -0.465 e. The van der Waals surface area contributed by atoms with Crippen LogP contribution in [0.1, 0.15) is 33.1 Å². The Bertz CT molecular complexity index is 293. The first-order valence-corrected chi connectivity index (χ1v) is 7.64. The van der Waals surface area contributed by atoms with Crippen molar-refractivity contribution in [1.82, 2.24) is 10.2 Å². The molecule has 1 atom stereocenters. The third-order valence-electron chi connectivity index (χ3n) is 4.18. The van der Waals surface area contributed by atoms with Crippen molar-refractivity contribution in [2.45, 2.75) is 38.6 Å². The highest BCUT2D eigenvalue weighted by molar-refractivity contribution is 5.80. The van der Waals surface area contributed by atoms with Crippen LogP contribution in [0.25, 0.3) is 0 Å². The highest BCUT2D eigenvalue weighted by atomic mass is 16.5. The molecule has 0 spiro atoms. The molecule has 0 aromatic rings. The number of likely N-dealkylation sites (N-methyl/N-ethyl adjacent to an activating group) is 1. The number of carbonyl (C=O) groups is 1. The van der Waals surface area contributed by atoms with E-state index in [0.717, 1.165) is 51.5 Å². The summed E-state index contributed by atoms with van der Waals surface area (Å²) in [5.41, 5.74) is -0.597. The van der Waals surface area contributed by atoms with E-state index in [0.29, 0.717) is 6.61 Å². The fourth-order valence-corrected chi connectivity index (χ4v) is 2.50. The number of esters is 1. The normalized spacial score (nSPS) is 19.9. The first-order valence-electron chi connectivity index (χ1n) is 7.64. The maximum Gasteiger partial charge on any atom is 0.326 e. The summed E-state index contributed by atoms with van der Waals surface area (Å²) in [7, 11) is 3.94. The molecule has 1 unspecified atom stereocenters. The van der Waals surface area contributed by atoms with Gasteiger partial charge in [0.1, 0.15) is 5.54 Å². The van der Waals surface area contributed by atoms with Gasteiger partial charge in [0.2, 0.25) is 0 Å². The maximum absolute atomic E-state index is 12.0. The van der Waals surface area contributed by atoms with Crippen molar-refractivity contribution in [2.75, 3.05) is 47.0 Å². The van der Waals surface area contributed by atoms with E-state index in [1.807, 2.05) is 20.9 Å². The standard InChI is InChI=1S/C15H30N2O3/c1-5-20-14(18)15(2,16-3)8-9-17(4)12-13-6-10-19-11-7-13/h13,16H,5-12H2,1-4H3. The molecule has 0 aliphatic carbocycles. The lowest BCUT2D eigenvalue weighted by molar-refractivity contribution is -0.150. The lowest BCUT2D eigenvalue weighted by Crippen LogP contribution is -2.50. The smallest absolute Gasteiger partial charge is 0.326 e. The molecule has 118 valence electrons. The molecule has 20 heavy (non-hydrogen) atoms. The Morgan fingerprint density at radius 1 is 1.45 bits per heavy atom. The summed E-state index contributed by atoms with van der Waals surface area (Å²) < 4.78 is 10.5. The largest absolute Gasteiger partial charge is 0.465 e. The van der Waals surface area contributed by atoms with Crippen molar-refractivity contribution >= 4 is 5.97 Å². The van der Waals surface area contributed by atoms with Crippen LogP contribution < -0.4 is 5.32 Å². The van der Waals surface area contributed by atoms with Gasteiger partial charge in [-0.05, 0) is 53.1 Å². The Labute approximate surface area is 123 Å². The van der Waals surface area contributed by atoms with E-state index >= 15 is 0 Å². The van der Waals surface area contributed by atoms with Gasteiger partial charge in [-0.1, -0.05) is 0 Å².